The molecule has 0 spiro atoms. The maximum absolute atomic E-state index is 12.3. The standard InChI is InChI=1S/C14H17N5O2/c1-8-4-3-6-15-11(8)14(20)17-10-5-7-21-12(10)13-16-9(2)18-19-13/h3-4,6,10,12H,5,7H2,1-2H3,(H,17,20)(H,16,18,19)/t10-,12+/m0/s1. The molecular formula is C14H17N5O2. The fourth-order valence-electron chi connectivity index (χ4n) is 2.44. The highest BCUT2D eigenvalue weighted by Crippen LogP contribution is 2.27. The molecule has 0 aliphatic carbocycles. The molecule has 1 fully saturated rings. The first-order chi connectivity index (χ1) is 10.1. The van der Waals surface area contributed by atoms with Crippen molar-refractivity contribution in [1.29, 1.82) is 0 Å². The van der Waals surface area contributed by atoms with E-state index in [1.807, 2.05) is 26.0 Å². The quantitative estimate of drug-likeness (QED) is 0.881. The number of hydrogen-bond donors (Lipinski definition) is 2. The van der Waals surface area contributed by atoms with Crippen LogP contribution in [0.3, 0.4) is 0 Å². The highest BCUT2D eigenvalue weighted by Gasteiger charge is 2.34. The van der Waals surface area contributed by atoms with Crippen molar-refractivity contribution in [3.63, 3.8) is 0 Å². The molecule has 1 saturated heterocycles. The second-order valence-electron chi connectivity index (χ2n) is 5.11. The van der Waals surface area contributed by atoms with E-state index >= 15 is 0 Å². The third kappa shape index (κ3) is 2.78. The largest absolute Gasteiger partial charge is 0.368 e. The summed E-state index contributed by atoms with van der Waals surface area (Å²) in [5.74, 6) is 1.11. The van der Waals surface area contributed by atoms with Crippen LogP contribution in [0.1, 0.15) is 40.2 Å². The average Bonchev–Trinajstić information content (AvgIpc) is 3.08. The van der Waals surface area contributed by atoms with E-state index in [4.69, 9.17) is 4.74 Å². The molecule has 110 valence electrons. The van der Waals surface area contributed by atoms with Gasteiger partial charge in [-0.05, 0) is 31.9 Å². The van der Waals surface area contributed by atoms with E-state index in [9.17, 15) is 4.79 Å². The lowest BCUT2D eigenvalue weighted by atomic mass is 10.1. The molecule has 0 radical (unpaired) electrons. The van der Waals surface area contributed by atoms with Crippen LogP contribution < -0.4 is 5.32 Å². The zero-order valence-corrected chi connectivity index (χ0v) is 12.0. The molecule has 1 aliphatic heterocycles. The maximum Gasteiger partial charge on any atom is 0.270 e. The van der Waals surface area contributed by atoms with Crippen LogP contribution in [0.25, 0.3) is 0 Å². The predicted octanol–water partition coefficient (Wildman–Crippen LogP) is 1.08. The van der Waals surface area contributed by atoms with Gasteiger partial charge in [-0.1, -0.05) is 6.07 Å². The minimum absolute atomic E-state index is 0.144. The van der Waals surface area contributed by atoms with Crippen LogP contribution >= 0.6 is 0 Å². The molecule has 2 N–H and O–H groups in total. The zero-order valence-electron chi connectivity index (χ0n) is 12.0. The number of carbonyl (C=O) groups excluding carboxylic acids is 1. The molecule has 0 aromatic carbocycles. The Hall–Kier alpha value is -2.28. The summed E-state index contributed by atoms with van der Waals surface area (Å²) in [7, 11) is 0. The topological polar surface area (TPSA) is 92.8 Å². The number of pyridine rings is 1. The smallest absolute Gasteiger partial charge is 0.270 e. The Bertz CT molecular complexity index is 654. The summed E-state index contributed by atoms with van der Waals surface area (Å²) in [6, 6.07) is 3.53. The van der Waals surface area contributed by atoms with Gasteiger partial charge in [-0.15, -0.1) is 0 Å². The number of carbonyl (C=O) groups is 1. The lowest BCUT2D eigenvalue weighted by molar-refractivity contribution is 0.0788. The van der Waals surface area contributed by atoms with Crippen molar-refractivity contribution in [2.75, 3.05) is 6.61 Å². The maximum atomic E-state index is 12.3. The van der Waals surface area contributed by atoms with Crippen LogP contribution in [0.15, 0.2) is 18.3 Å². The second kappa shape index (κ2) is 5.61. The number of rotatable bonds is 3. The Morgan fingerprint density at radius 3 is 3.05 bits per heavy atom. The zero-order chi connectivity index (χ0) is 14.8. The van der Waals surface area contributed by atoms with Crippen LogP contribution in [0.4, 0.5) is 0 Å². The summed E-state index contributed by atoms with van der Waals surface area (Å²) in [6.45, 7) is 4.27. The lowest BCUT2D eigenvalue weighted by Crippen LogP contribution is -2.37. The van der Waals surface area contributed by atoms with Gasteiger partial charge in [0.25, 0.3) is 5.91 Å². The minimum Gasteiger partial charge on any atom is -0.368 e. The second-order valence-corrected chi connectivity index (χ2v) is 5.11. The number of aromatic amines is 1. The lowest BCUT2D eigenvalue weighted by Gasteiger charge is -2.17. The monoisotopic (exact) mass is 287 g/mol. The van der Waals surface area contributed by atoms with Crippen molar-refractivity contribution < 1.29 is 9.53 Å². The van der Waals surface area contributed by atoms with E-state index in [1.54, 1.807) is 6.20 Å². The number of nitrogens with zero attached hydrogens (tertiary/aromatic N) is 3. The molecule has 2 atom stereocenters. The van der Waals surface area contributed by atoms with Gasteiger partial charge in [0.05, 0.1) is 6.04 Å². The van der Waals surface area contributed by atoms with Gasteiger partial charge in [0.2, 0.25) is 0 Å². The van der Waals surface area contributed by atoms with Crippen molar-refractivity contribution in [3.8, 4) is 0 Å². The fraction of sp³-hybridized carbons (Fsp3) is 0.429. The Morgan fingerprint density at radius 2 is 2.33 bits per heavy atom. The van der Waals surface area contributed by atoms with Crippen molar-refractivity contribution in [2.45, 2.75) is 32.4 Å². The first kappa shape index (κ1) is 13.7. The molecule has 21 heavy (non-hydrogen) atoms. The molecule has 7 nitrogen and oxygen atoms in total. The number of aryl methyl sites for hydroxylation is 2. The Morgan fingerprint density at radius 1 is 1.48 bits per heavy atom. The number of hydrogen-bond acceptors (Lipinski definition) is 5. The minimum atomic E-state index is -0.317. The summed E-state index contributed by atoms with van der Waals surface area (Å²) in [6.07, 6.45) is 2.03. The summed E-state index contributed by atoms with van der Waals surface area (Å²) >= 11 is 0. The molecule has 7 heteroatoms. The van der Waals surface area contributed by atoms with E-state index in [-0.39, 0.29) is 18.1 Å². The molecule has 2 aromatic heterocycles. The van der Waals surface area contributed by atoms with E-state index in [2.05, 4.69) is 25.5 Å². The Kier molecular flexibility index (Phi) is 3.66. The van der Waals surface area contributed by atoms with Crippen molar-refractivity contribution in [3.05, 3.63) is 41.2 Å². The fourth-order valence-corrected chi connectivity index (χ4v) is 2.44. The van der Waals surface area contributed by atoms with Crippen LogP contribution in [-0.2, 0) is 4.74 Å². The third-order valence-electron chi connectivity index (χ3n) is 3.50. The summed E-state index contributed by atoms with van der Waals surface area (Å²) in [4.78, 5) is 20.7. The molecule has 0 unspecified atom stereocenters. The molecule has 0 saturated carbocycles. The highest BCUT2D eigenvalue weighted by molar-refractivity contribution is 5.93. The molecule has 2 aromatic rings. The number of H-pyrrole nitrogens is 1. The summed E-state index contributed by atoms with van der Waals surface area (Å²) in [5.41, 5.74) is 1.29. The molecule has 3 heterocycles. The van der Waals surface area contributed by atoms with Crippen molar-refractivity contribution in [1.82, 2.24) is 25.5 Å². The van der Waals surface area contributed by atoms with Crippen molar-refractivity contribution in [2.24, 2.45) is 0 Å². The van der Waals surface area contributed by atoms with E-state index in [0.717, 1.165) is 17.8 Å². The van der Waals surface area contributed by atoms with E-state index in [0.29, 0.717) is 18.1 Å². The summed E-state index contributed by atoms with van der Waals surface area (Å²) < 4.78 is 5.65. The third-order valence-corrected chi connectivity index (χ3v) is 3.50. The van der Waals surface area contributed by atoms with Crippen molar-refractivity contribution >= 4 is 5.91 Å². The van der Waals surface area contributed by atoms with Gasteiger partial charge in [-0.25, -0.2) is 4.98 Å². The van der Waals surface area contributed by atoms with Gasteiger partial charge < -0.3 is 10.1 Å². The van der Waals surface area contributed by atoms with Crippen LogP contribution in [0.2, 0.25) is 0 Å². The van der Waals surface area contributed by atoms with Crippen LogP contribution in [-0.4, -0.2) is 38.7 Å². The van der Waals surface area contributed by atoms with E-state index < -0.39 is 0 Å². The van der Waals surface area contributed by atoms with Gasteiger partial charge in [0.1, 0.15) is 17.6 Å². The van der Waals surface area contributed by atoms with Gasteiger partial charge >= 0.3 is 0 Å². The first-order valence-electron chi connectivity index (χ1n) is 6.88. The van der Waals surface area contributed by atoms with Gasteiger partial charge in [0, 0.05) is 12.8 Å². The molecular weight excluding hydrogens is 270 g/mol. The predicted molar refractivity (Wildman–Crippen MR) is 74.7 cm³/mol. The highest BCUT2D eigenvalue weighted by atomic mass is 16.5. The Balaban J connectivity index is 1.75. The number of ether oxygens (including phenoxy) is 1. The molecule has 1 aliphatic rings. The van der Waals surface area contributed by atoms with Gasteiger partial charge in [-0.3, -0.25) is 14.9 Å². The average molecular weight is 287 g/mol. The number of nitrogens with one attached hydrogen (secondary N) is 2. The molecule has 0 bridgehead atoms. The first-order valence-corrected chi connectivity index (χ1v) is 6.88. The molecule has 1 amide bonds. The van der Waals surface area contributed by atoms with Crippen LogP contribution in [0, 0.1) is 13.8 Å². The Labute approximate surface area is 122 Å². The SMILES string of the molecule is Cc1nc([C@@H]2OCC[C@@H]2NC(=O)c2ncccc2C)n[nH]1. The number of amides is 1. The molecule has 3 rings (SSSR count). The van der Waals surface area contributed by atoms with Crippen LogP contribution in [0.5, 0.6) is 0 Å². The normalized spacial score (nSPS) is 21.4. The van der Waals surface area contributed by atoms with Gasteiger partial charge in [-0.2, -0.15) is 5.10 Å². The van der Waals surface area contributed by atoms with E-state index in [1.165, 1.54) is 0 Å². The summed E-state index contributed by atoms with van der Waals surface area (Å²) in [5, 5.41) is 9.89. The number of aromatic nitrogens is 4. The van der Waals surface area contributed by atoms with Gasteiger partial charge in [0.15, 0.2) is 5.82 Å².